The first kappa shape index (κ1) is 18.7. The van der Waals surface area contributed by atoms with Gasteiger partial charge in [-0.05, 0) is 28.8 Å². The van der Waals surface area contributed by atoms with Gasteiger partial charge in [-0.1, -0.05) is 6.92 Å². The number of anilines is 1. The number of hydrogen-bond donors (Lipinski definition) is 1. The lowest BCUT2D eigenvalue weighted by atomic mass is 10.2. The third-order valence-corrected chi connectivity index (χ3v) is 4.33. The molecule has 2 N–H and O–H groups in total. The van der Waals surface area contributed by atoms with Crippen molar-refractivity contribution in [2.45, 2.75) is 26.3 Å². The average molecular weight is 365 g/mol. The molecule has 0 amide bonds. The van der Waals surface area contributed by atoms with Gasteiger partial charge in [0.1, 0.15) is 11.4 Å². The zero-order valence-corrected chi connectivity index (χ0v) is 14.8. The van der Waals surface area contributed by atoms with E-state index >= 15 is 0 Å². The summed E-state index contributed by atoms with van der Waals surface area (Å²) >= 11 is 1.45. The van der Waals surface area contributed by atoms with Crippen LogP contribution in [0, 0.1) is 0 Å². The maximum Gasteiger partial charge on any atom is 0.332 e. The van der Waals surface area contributed by atoms with Crippen molar-refractivity contribution in [2.75, 3.05) is 12.3 Å². The number of hydrogen-bond acceptors (Lipinski definition) is 7. The lowest BCUT2D eigenvalue weighted by Gasteiger charge is -2.13. The van der Waals surface area contributed by atoms with E-state index in [2.05, 4.69) is 0 Å². The number of esters is 1. The van der Waals surface area contributed by atoms with Crippen LogP contribution < -0.4 is 17.0 Å². The van der Waals surface area contributed by atoms with Crippen molar-refractivity contribution in [1.29, 1.82) is 0 Å². The zero-order valence-electron chi connectivity index (χ0n) is 14.0. The molecule has 8 nitrogen and oxygen atoms in total. The highest BCUT2D eigenvalue weighted by Gasteiger charge is 2.22. The van der Waals surface area contributed by atoms with Crippen LogP contribution in [0.1, 0.15) is 29.3 Å². The van der Waals surface area contributed by atoms with Crippen LogP contribution in [0.3, 0.4) is 0 Å². The van der Waals surface area contributed by atoms with Crippen LogP contribution in [0.4, 0.5) is 5.82 Å². The Balaban J connectivity index is 2.20. The number of thiophene rings is 1. The fourth-order valence-electron chi connectivity index (χ4n) is 2.31. The number of carbonyl (C=O) groups is 2. The molecule has 0 aromatic carbocycles. The normalized spacial score (nSPS) is 10.6. The number of Topliss-reactive ketones (excluding diaryl/α,β-unsaturated/α-hetero) is 1. The van der Waals surface area contributed by atoms with Crippen molar-refractivity contribution in [3.05, 3.63) is 48.8 Å². The molecule has 2 aromatic rings. The minimum absolute atomic E-state index is 0.0413. The third kappa shape index (κ3) is 4.05. The lowest BCUT2D eigenvalue weighted by Crippen LogP contribution is -2.43. The summed E-state index contributed by atoms with van der Waals surface area (Å²) in [5, 5.41) is 3.63. The minimum atomic E-state index is -0.797. The van der Waals surface area contributed by atoms with E-state index in [1.54, 1.807) is 11.4 Å². The van der Waals surface area contributed by atoms with Crippen LogP contribution in [-0.2, 0) is 29.5 Å². The van der Waals surface area contributed by atoms with Gasteiger partial charge in [0.15, 0.2) is 6.61 Å². The van der Waals surface area contributed by atoms with Crippen molar-refractivity contribution in [3.63, 3.8) is 0 Å². The van der Waals surface area contributed by atoms with Gasteiger partial charge in [-0.25, -0.2) is 4.79 Å². The quantitative estimate of drug-likeness (QED) is 0.567. The van der Waals surface area contributed by atoms with Crippen LogP contribution in [0.25, 0.3) is 0 Å². The summed E-state index contributed by atoms with van der Waals surface area (Å²) < 4.78 is 6.93. The average Bonchev–Trinajstić information content (AvgIpc) is 3.08. The smallest absolute Gasteiger partial charge is 0.332 e. The van der Waals surface area contributed by atoms with E-state index < -0.39 is 29.6 Å². The Bertz CT molecular complexity index is 896. The third-order valence-electron chi connectivity index (χ3n) is 3.60. The summed E-state index contributed by atoms with van der Waals surface area (Å²) in [6.07, 6.45) is 0.644. The Morgan fingerprint density at radius 2 is 2.04 bits per heavy atom. The van der Waals surface area contributed by atoms with Crippen LogP contribution >= 0.6 is 11.3 Å². The first-order chi connectivity index (χ1) is 11.9. The molecule has 0 spiro atoms. The summed E-state index contributed by atoms with van der Waals surface area (Å²) in [5.41, 5.74) is 4.91. The van der Waals surface area contributed by atoms with Crippen LogP contribution in [0.15, 0.2) is 26.4 Å². The molecule has 0 aliphatic heterocycles. The fraction of sp³-hybridized carbons (Fsp3) is 0.375. The first-order valence-electron chi connectivity index (χ1n) is 7.66. The maximum absolute atomic E-state index is 12.3. The SMILES string of the molecule is CCCn1c(N)c(C(=O)COC(=O)Cc2ccsc2)c(=O)n(C)c1=O. The summed E-state index contributed by atoms with van der Waals surface area (Å²) in [5.74, 6) is -1.51. The Hall–Kier alpha value is -2.68. The lowest BCUT2D eigenvalue weighted by molar-refractivity contribution is -0.141. The number of ether oxygens (including phenoxy) is 1. The second-order valence-electron chi connectivity index (χ2n) is 5.45. The second-order valence-corrected chi connectivity index (χ2v) is 6.23. The molecule has 0 atom stereocenters. The summed E-state index contributed by atoms with van der Waals surface area (Å²) in [6.45, 7) is 1.51. The maximum atomic E-state index is 12.3. The highest BCUT2D eigenvalue weighted by molar-refractivity contribution is 7.07. The van der Waals surface area contributed by atoms with E-state index in [1.807, 2.05) is 12.3 Å². The predicted molar refractivity (Wildman–Crippen MR) is 94.0 cm³/mol. The molecule has 9 heteroatoms. The molecular weight excluding hydrogens is 346 g/mol. The molecule has 0 unspecified atom stereocenters. The number of nitrogens with two attached hydrogens (primary N) is 1. The molecule has 0 bridgehead atoms. The van der Waals surface area contributed by atoms with Gasteiger partial charge < -0.3 is 10.5 Å². The van der Waals surface area contributed by atoms with Gasteiger partial charge in [-0.15, -0.1) is 0 Å². The van der Waals surface area contributed by atoms with Gasteiger partial charge in [0.05, 0.1) is 6.42 Å². The molecule has 2 rings (SSSR count). The van der Waals surface area contributed by atoms with Gasteiger partial charge in [0, 0.05) is 13.6 Å². The fourth-order valence-corrected chi connectivity index (χ4v) is 2.98. The molecule has 0 saturated heterocycles. The van der Waals surface area contributed by atoms with Gasteiger partial charge in [0.25, 0.3) is 5.56 Å². The Kier molecular flexibility index (Phi) is 5.92. The summed E-state index contributed by atoms with van der Waals surface area (Å²) in [7, 11) is 1.27. The van der Waals surface area contributed by atoms with E-state index in [1.165, 1.54) is 23.0 Å². The minimum Gasteiger partial charge on any atom is -0.457 e. The molecule has 0 fully saturated rings. The molecule has 134 valence electrons. The van der Waals surface area contributed by atoms with E-state index in [0.29, 0.717) is 6.42 Å². The molecule has 0 aliphatic carbocycles. The Morgan fingerprint density at radius 1 is 1.32 bits per heavy atom. The van der Waals surface area contributed by atoms with Gasteiger partial charge >= 0.3 is 11.7 Å². The summed E-state index contributed by atoms with van der Waals surface area (Å²) in [4.78, 5) is 48.4. The highest BCUT2D eigenvalue weighted by Crippen LogP contribution is 2.09. The predicted octanol–water partition coefficient (Wildman–Crippen LogP) is 0.569. The molecule has 0 saturated carbocycles. The van der Waals surface area contributed by atoms with E-state index in [9.17, 15) is 19.2 Å². The number of ketones is 1. The molecular formula is C16H19N3O5S. The molecule has 0 aliphatic rings. The number of nitrogen functional groups attached to an aromatic ring is 1. The number of rotatable bonds is 7. The molecule has 2 heterocycles. The monoisotopic (exact) mass is 365 g/mol. The first-order valence-corrected chi connectivity index (χ1v) is 8.60. The number of carbonyl (C=O) groups excluding carboxylic acids is 2. The molecule has 25 heavy (non-hydrogen) atoms. The molecule has 0 radical (unpaired) electrons. The van der Waals surface area contributed by atoms with E-state index in [0.717, 1.165) is 10.1 Å². The van der Waals surface area contributed by atoms with E-state index in [4.69, 9.17) is 10.5 Å². The topological polar surface area (TPSA) is 113 Å². The molecule has 2 aromatic heterocycles. The van der Waals surface area contributed by atoms with Crippen LogP contribution in [-0.4, -0.2) is 27.5 Å². The van der Waals surface area contributed by atoms with Crippen molar-refractivity contribution < 1.29 is 14.3 Å². The van der Waals surface area contributed by atoms with Gasteiger partial charge in [-0.2, -0.15) is 11.3 Å². The van der Waals surface area contributed by atoms with Crippen LogP contribution in [0.5, 0.6) is 0 Å². The van der Waals surface area contributed by atoms with Crippen molar-refractivity contribution in [1.82, 2.24) is 9.13 Å². The number of aromatic nitrogens is 2. The van der Waals surface area contributed by atoms with Crippen LogP contribution in [0.2, 0.25) is 0 Å². The Morgan fingerprint density at radius 3 is 2.64 bits per heavy atom. The second kappa shape index (κ2) is 7.93. The highest BCUT2D eigenvalue weighted by atomic mass is 32.1. The Labute approximate surface area is 147 Å². The zero-order chi connectivity index (χ0) is 18.6. The number of nitrogens with zero attached hydrogens (tertiary/aromatic N) is 2. The van der Waals surface area contributed by atoms with Crippen molar-refractivity contribution >= 4 is 28.9 Å². The van der Waals surface area contributed by atoms with Crippen molar-refractivity contribution in [3.8, 4) is 0 Å². The largest absolute Gasteiger partial charge is 0.457 e. The van der Waals surface area contributed by atoms with Gasteiger partial charge in [0.2, 0.25) is 5.78 Å². The van der Waals surface area contributed by atoms with Crippen molar-refractivity contribution in [2.24, 2.45) is 7.05 Å². The van der Waals surface area contributed by atoms with Gasteiger partial charge in [-0.3, -0.25) is 23.5 Å². The van der Waals surface area contributed by atoms with E-state index in [-0.39, 0.29) is 24.3 Å². The standard InChI is InChI=1S/C16H19N3O5S/c1-3-5-19-14(17)13(15(22)18(2)16(19)23)11(20)8-24-12(21)7-10-4-6-25-9-10/h4,6,9H,3,5,7-8,17H2,1-2H3. The summed E-state index contributed by atoms with van der Waals surface area (Å²) in [6, 6.07) is 1.78.